The van der Waals surface area contributed by atoms with Gasteiger partial charge < -0.3 is 14.2 Å². The molecule has 0 radical (unpaired) electrons. The highest BCUT2D eigenvalue weighted by Gasteiger charge is 2.18. The summed E-state index contributed by atoms with van der Waals surface area (Å²) in [5.41, 5.74) is 1.37. The summed E-state index contributed by atoms with van der Waals surface area (Å²) in [6.07, 6.45) is -0.00503. The van der Waals surface area contributed by atoms with E-state index >= 15 is 0 Å². The highest BCUT2D eigenvalue weighted by Crippen LogP contribution is 2.18. The van der Waals surface area contributed by atoms with Gasteiger partial charge in [-0.1, -0.05) is 0 Å². The molecule has 0 saturated carbocycles. The van der Waals surface area contributed by atoms with Gasteiger partial charge >= 0.3 is 11.9 Å². The van der Waals surface area contributed by atoms with Crippen LogP contribution in [0.3, 0.4) is 0 Å². The van der Waals surface area contributed by atoms with Gasteiger partial charge in [0.1, 0.15) is 5.75 Å². The van der Waals surface area contributed by atoms with E-state index in [2.05, 4.69) is 9.84 Å². The number of benzene rings is 1. The van der Waals surface area contributed by atoms with Crippen LogP contribution in [0.25, 0.3) is 5.69 Å². The molecular formula is C16H18N2O5. The zero-order chi connectivity index (χ0) is 16.8. The minimum Gasteiger partial charge on any atom is -0.497 e. The first-order valence-electron chi connectivity index (χ1n) is 7.06. The van der Waals surface area contributed by atoms with E-state index in [9.17, 15) is 9.59 Å². The summed E-state index contributed by atoms with van der Waals surface area (Å²) < 4.78 is 16.3. The molecule has 1 heterocycles. The molecule has 7 nitrogen and oxygen atoms in total. The average molecular weight is 318 g/mol. The molecule has 7 heteroatoms. The molecule has 122 valence electrons. The molecular weight excluding hydrogens is 300 g/mol. The molecule has 0 spiro atoms. The maximum Gasteiger partial charge on any atom is 0.358 e. The lowest BCUT2D eigenvalue weighted by Gasteiger charge is -2.07. The second kappa shape index (κ2) is 7.44. The molecule has 0 saturated heterocycles. The van der Waals surface area contributed by atoms with Crippen molar-refractivity contribution in [1.29, 1.82) is 0 Å². The first-order chi connectivity index (χ1) is 11.1. The van der Waals surface area contributed by atoms with Crippen molar-refractivity contribution in [2.45, 2.75) is 13.3 Å². The van der Waals surface area contributed by atoms with Crippen LogP contribution >= 0.6 is 0 Å². The monoisotopic (exact) mass is 318 g/mol. The Morgan fingerprint density at radius 2 is 1.87 bits per heavy atom. The zero-order valence-electron chi connectivity index (χ0n) is 13.2. The highest BCUT2D eigenvalue weighted by molar-refractivity contribution is 5.87. The zero-order valence-corrected chi connectivity index (χ0v) is 13.2. The number of esters is 2. The quantitative estimate of drug-likeness (QED) is 0.755. The van der Waals surface area contributed by atoms with Crippen molar-refractivity contribution in [3.8, 4) is 11.4 Å². The van der Waals surface area contributed by atoms with Crippen LogP contribution in [0.1, 0.15) is 23.1 Å². The molecule has 0 atom stereocenters. The molecule has 2 aromatic rings. The van der Waals surface area contributed by atoms with Crippen LogP contribution in [0.5, 0.6) is 5.75 Å². The van der Waals surface area contributed by atoms with E-state index in [1.165, 1.54) is 17.9 Å². The number of hydrogen-bond donors (Lipinski definition) is 0. The second-order valence-corrected chi connectivity index (χ2v) is 4.60. The molecule has 0 aliphatic carbocycles. The fourth-order valence-corrected chi connectivity index (χ4v) is 2.02. The first kappa shape index (κ1) is 16.5. The average Bonchev–Trinajstić information content (AvgIpc) is 2.99. The maximum absolute atomic E-state index is 11.9. The van der Waals surface area contributed by atoms with Crippen LogP contribution in [-0.2, 0) is 20.7 Å². The molecule has 0 amide bonds. The Kier molecular flexibility index (Phi) is 5.35. The normalized spacial score (nSPS) is 10.2. The molecule has 23 heavy (non-hydrogen) atoms. The van der Waals surface area contributed by atoms with E-state index < -0.39 is 11.9 Å². The molecule has 0 unspecified atom stereocenters. The van der Waals surface area contributed by atoms with Gasteiger partial charge in [0.2, 0.25) is 0 Å². The minimum absolute atomic E-state index is 0.00503. The Morgan fingerprint density at radius 3 is 2.43 bits per heavy atom. The third kappa shape index (κ3) is 3.88. The maximum atomic E-state index is 11.9. The number of methoxy groups -OCH3 is 2. The summed E-state index contributed by atoms with van der Waals surface area (Å²) in [5.74, 6) is -0.262. The van der Waals surface area contributed by atoms with Crippen molar-refractivity contribution in [3.05, 3.63) is 41.7 Å². The Balaban J connectivity index is 2.41. The van der Waals surface area contributed by atoms with Crippen LogP contribution in [0.15, 0.2) is 30.3 Å². The first-order valence-corrected chi connectivity index (χ1v) is 7.06. The van der Waals surface area contributed by atoms with Gasteiger partial charge in [-0.15, -0.1) is 0 Å². The lowest BCUT2D eigenvalue weighted by molar-refractivity contribution is -0.139. The van der Waals surface area contributed by atoms with Crippen molar-refractivity contribution in [1.82, 2.24) is 9.78 Å². The van der Waals surface area contributed by atoms with Crippen LogP contribution < -0.4 is 4.74 Å². The van der Waals surface area contributed by atoms with E-state index in [0.29, 0.717) is 17.1 Å². The van der Waals surface area contributed by atoms with E-state index in [1.54, 1.807) is 38.3 Å². The van der Waals surface area contributed by atoms with Crippen LogP contribution in [0.4, 0.5) is 0 Å². The Morgan fingerprint density at radius 1 is 1.17 bits per heavy atom. The van der Waals surface area contributed by atoms with Crippen LogP contribution in [0.2, 0.25) is 0 Å². The molecule has 0 fully saturated rings. The van der Waals surface area contributed by atoms with E-state index in [1.807, 2.05) is 0 Å². The predicted octanol–water partition coefficient (Wildman–Crippen LogP) is 1.77. The summed E-state index contributed by atoms with van der Waals surface area (Å²) in [6, 6.07) is 8.62. The molecule has 0 aliphatic heterocycles. The van der Waals surface area contributed by atoms with E-state index in [-0.39, 0.29) is 18.7 Å². The Bertz CT molecular complexity index is 691. The standard InChI is InChI=1S/C16H18N2O5/c1-4-23-16(20)14-9-12(10-15(19)22-3)18(17-14)11-5-7-13(21-2)8-6-11/h5-9H,4,10H2,1-3H3. The molecule has 1 aromatic carbocycles. The van der Waals surface area contributed by atoms with Gasteiger partial charge in [0, 0.05) is 0 Å². The van der Waals surface area contributed by atoms with Gasteiger partial charge in [0.25, 0.3) is 0 Å². The van der Waals surface area contributed by atoms with E-state index in [4.69, 9.17) is 9.47 Å². The molecule has 2 rings (SSSR count). The van der Waals surface area contributed by atoms with Crippen molar-refractivity contribution >= 4 is 11.9 Å². The highest BCUT2D eigenvalue weighted by atomic mass is 16.5. The predicted molar refractivity (Wildman–Crippen MR) is 81.8 cm³/mol. The number of nitrogens with zero attached hydrogens (tertiary/aromatic N) is 2. The largest absolute Gasteiger partial charge is 0.497 e. The van der Waals surface area contributed by atoms with Gasteiger partial charge in [-0.3, -0.25) is 4.79 Å². The lowest BCUT2D eigenvalue weighted by atomic mass is 10.2. The number of carbonyl (C=O) groups excluding carboxylic acids is 2. The van der Waals surface area contributed by atoms with Crippen molar-refractivity contribution in [3.63, 3.8) is 0 Å². The fraction of sp³-hybridized carbons (Fsp3) is 0.312. The number of hydrogen-bond acceptors (Lipinski definition) is 6. The fourth-order valence-electron chi connectivity index (χ4n) is 2.02. The smallest absolute Gasteiger partial charge is 0.358 e. The summed E-state index contributed by atoms with van der Waals surface area (Å²) in [7, 11) is 2.88. The van der Waals surface area contributed by atoms with Crippen molar-refractivity contribution in [2.24, 2.45) is 0 Å². The molecule has 0 bridgehead atoms. The van der Waals surface area contributed by atoms with Gasteiger partial charge in [0.05, 0.1) is 38.6 Å². The van der Waals surface area contributed by atoms with Crippen LogP contribution in [-0.4, -0.2) is 42.5 Å². The van der Waals surface area contributed by atoms with Gasteiger partial charge in [0.15, 0.2) is 5.69 Å². The summed E-state index contributed by atoms with van der Waals surface area (Å²) in [6.45, 7) is 1.97. The number of carbonyl (C=O) groups is 2. The summed E-state index contributed by atoms with van der Waals surface area (Å²) >= 11 is 0. The topological polar surface area (TPSA) is 79.7 Å². The van der Waals surface area contributed by atoms with Gasteiger partial charge in [-0.05, 0) is 37.3 Å². The van der Waals surface area contributed by atoms with Crippen LogP contribution in [0, 0.1) is 0 Å². The third-order valence-corrected chi connectivity index (χ3v) is 3.14. The second-order valence-electron chi connectivity index (χ2n) is 4.60. The lowest BCUT2D eigenvalue weighted by Crippen LogP contribution is -2.10. The van der Waals surface area contributed by atoms with Crippen molar-refractivity contribution < 1.29 is 23.8 Å². The summed E-state index contributed by atoms with van der Waals surface area (Å²) in [5, 5.41) is 4.24. The van der Waals surface area contributed by atoms with E-state index in [0.717, 1.165) is 0 Å². The molecule has 0 aliphatic rings. The third-order valence-electron chi connectivity index (χ3n) is 3.14. The van der Waals surface area contributed by atoms with Gasteiger partial charge in [-0.2, -0.15) is 5.10 Å². The SMILES string of the molecule is CCOC(=O)c1cc(CC(=O)OC)n(-c2ccc(OC)cc2)n1. The Labute approximate surface area is 133 Å². The van der Waals surface area contributed by atoms with Gasteiger partial charge in [-0.25, -0.2) is 9.48 Å². The Hall–Kier alpha value is -2.83. The molecule has 1 aromatic heterocycles. The molecule has 0 N–H and O–H groups in total. The number of aromatic nitrogens is 2. The minimum atomic E-state index is -0.536. The number of rotatable bonds is 6. The summed E-state index contributed by atoms with van der Waals surface area (Å²) in [4.78, 5) is 23.4. The number of ether oxygens (including phenoxy) is 3. The van der Waals surface area contributed by atoms with Crippen molar-refractivity contribution in [2.75, 3.05) is 20.8 Å².